The number of terminal acetylenes is 1. The first-order valence-corrected chi connectivity index (χ1v) is 7.39. The van der Waals surface area contributed by atoms with E-state index in [0.29, 0.717) is 17.0 Å². The SMILES string of the molecule is C#Cc1cccc(NC(=O)c2ccc(COc3ccccc3)o2)c1. The van der Waals surface area contributed by atoms with Crippen LogP contribution in [0.25, 0.3) is 0 Å². The normalized spacial score (nSPS) is 9.96. The van der Waals surface area contributed by atoms with E-state index in [1.54, 1.807) is 36.4 Å². The van der Waals surface area contributed by atoms with Crippen molar-refractivity contribution in [1.82, 2.24) is 0 Å². The van der Waals surface area contributed by atoms with Gasteiger partial charge in [-0.2, -0.15) is 0 Å². The van der Waals surface area contributed by atoms with Crippen LogP contribution in [0.15, 0.2) is 71.1 Å². The number of nitrogens with one attached hydrogen (secondary N) is 1. The van der Waals surface area contributed by atoms with E-state index >= 15 is 0 Å². The molecule has 4 heteroatoms. The Morgan fingerprint density at radius 3 is 2.71 bits per heavy atom. The molecule has 1 N–H and O–H groups in total. The van der Waals surface area contributed by atoms with Gasteiger partial charge in [-0.05, 0) is 42.5 Å². The quantitative estimate of drug-likeness (QED) is 0.721. The lowest BCUT2D eigenvalue weighted by Gasteiger charge is -2.04. The monoisotopic (exact) mass is 317 g/mol. The molecule has 1 aromatic heterocycles. The number of carbonyl (C=O) groups is 1. The van der Waals surface area contributed by atoms with Gasteiger partial charge in [-0.25, -0.2) is 0 Å². The van der Waals surface area contributed by atoms with Crippen LogP contribution in [-0.4, -0.2) is 5.91 Å². The van der Waals surface area contributed by atoms with Crippen LogP contribution in [-0.2, 0) is 6.61 Å². The summed E-state index contributed by atoms with van der Waals surface area (Å²) in [5.74, 6) is 3.72. The van der Waals surface area contributed by atoms with Gasteiger partial charge in [0.05, 0.1) is 0 Å². The first-order chi connectivity index (χ1) is 11.7. The van der Waals surface area contributed by atoms with Crippen molar-refractivity contribution >= 4 is 11.6 Å². The number of para-hydroxylation sites is 1. The largest absolute Gasteiger partial charge is 0.486 e. The zero-order chi connectivity index (χ0) is 16.8. The lowest BCUT2D eigenvalue weighted by atomic mass is 10.2. The molecular weight excluding hydrogens is 302 g/mol. The predicted octanol–water partition coefficient (Wildman–Crippen LogP) is 4.09. The van der Waals surface area contributed by atoms with Gasteiger partial charge >= 0.3 is 0 Å². The molecule has 0 aliphatic rings. The van der Waals surface area contributed by atoms with Crippen molar-refractivity contribution in [3.63, 3.8) is 0 Å². The summed E-state index contributed by atoms with van der Waals surface area (Å²) < 4.78 is 11.1. The summed E-state index contributed by atoms with van der Waals surface area (Å²) in [6, 6.07) is 19.8. The third-order valence-electron chi connectivity index (χ3n) is 3.30. The van der Waals surface area contributed by atoms with E-state index in [2.05, 4.69) is 11.2 Å². The summed E-state index contributed by atoms with van der Waals surface area (Å²) >= 11 is 0. The number of ether oxygens (including phenoxy) is 1. The third kappa shape index (κ3) is 3.84. The number of furan rings is 1. The third-order valence-corrected chi connectivity index (χ3v) is 3.30. The highest BCUT2D eigenvalue weighted by Crippen LogP contribution is 2.16. The second kappa shape index (κ2) is 7.21. The summed E-state index contributed by atoms with van der Waals surface area (Å²) in [4.78, 5) is 12.2. The van der Waals surface area contributed by atoms with Gasteiger partial charge in [0.15, 0.2) is 5.76 Å². The summed E-state index contributed by atoms with van der Waals surface area (Å²) in [6.07, 6.45) is 5.35. The number of anilines is 1. The van der Waals surface area contributed by atoms with Gasteiger partial charge in [0.25, 0.3) is 5.91 Å². The van der Waals surface area contributed by atoms with E-state index in [1.807, 2.05) is 30.3 Å². The molecule has 0 fully saturated rings. The summed E-state index contributed by atoms with van der Waals surface area (Å²) in [7, 11) is 0. The molecule has 3 rings (SSSR count). The maximum Gasteiger partial charge on any atom is 0.291 e. The number of carbonyl (C=O) groups excluding carboxylic acids is 1. The Morgan fingerprint density at radius 1 is 1.08 bits per heavy atom. The molecular formula is C20H15NO3. The van der Waals surface area contributed by atoms with E-state index in [1.165, 1.54) is 0 Å². The van der Waals surface area contributed by atoms with Crippen molar-refractivity contribution in [2.24, 2.45) is 0 Å². The van der Waals surface area contributed by atoms with Crippen LogP contribution in [0.4, 0.5) is 5.69 Å². The van der Waals surface area contributed by atoms with Crippen molar-refractivity contribution in [1.29, 1.82) is 0 Å². The maximum absolute atomic E-state index is 12.2. The maximum atomic E-state index is 12.2. The molecule has 24 heavy (non-hydrogen) atoms. The molecule has 0 spiro atoms. The van der Waals surface area contributed by atoms with Gasteiger partial charge in [0.1, 0.15) is 18.1 Å². The molecule has 1 amide bonds. The number of hydrogen-bond acceptors (Lipinski definition) is 3. The molecule has 0 unspecified atom stereocenters. The molecule has 0 bridgehead atoms. The van der Waals surface area contributed by atoms with Crippen molar-refractivity contribution in [2.45, 2.75) is 6.61 Å². The smallest absolute Gasteiger partial charge is 0.291 e. The number of amides is 1. The van der Waals surface area contributed by atoms with Crippen LogP contribution in [0.3, 0.4) is 0 Å². The summed E-state index contributed by atoms with van der Waals surface area (Å²) in [6.45, 7) is 0.254. The first kappa shape index (κ1) is 15.4. The standard InChI is InChI=1S/C20H15NO3/c1-2-15-7-6-8-16(13-15)21-20(22)19-12-11-18(24-19)14-23-17-9-4-3-5-10-17/h1,3-13H,14H2,(H,21,22). The molecule has 3 aromatic rings. The first-order valence-electron chi connectivity index (χ1n) is 7.39. The van der Waals surface area contributed by atoms with Crippen LogP contribution >= 0.6 is 0 Å². The Balaban J connectivity index is 1.62. The van der Waals surface area contributed by atoms with Gasteiger partial charge in [0.2, 0.25) is 0 Å². The fraction of sp³-hybridized carbons (Fsp3) is 0.0500. The molecule has 1 heterocycles. The number of benzene rings is 2. The van der Waals surface area contributed by atoms with Crippen molar-refractivity contribution in [3.05, 3.63) is 83.8 Å². The Labute approximate surface area is 140 Å². The Morgan fingerprint density at radius 2 is 1.92 bits per heavy atom. The summed E-state index contributed by atoms with van der Waals surface area (Å²) in [5.41, 5.74) is 1.32. The Hall–Kier alpha value is -3.45. The van der Waals surface area contributed by atoms with Crippen molar-refractivity contribution < 1.29 is 13.9 Å². The molecule has 118 valence electrons. The molecule has 0 saturated carbocycles. The van der Waals surface area contributed by atoms with E-state index in [4.69, 9.17) is 15.6 Å². The Bertz CT molecular complexity index is 875. The van der Waals surface area contributed by atoms with Gasteiger partial charge in [-0.3, -0.25) is 4.79 Å². The minimum Gasteiger partial charge on any atom is -0.486 e. The average Bonchev–Trinajstić information content (AvgIpc) is 3.10. The molecule has 0 aliphatic carbocycles. The van der Waals surface area contributed by atoms with Crippen LogP contribution in [0.2, 0.25) is 0 Å². The number of hydrogen-bond donors (Lipinski definition) is 1. The van der Waals surface area contributed by atoms with Gasteiger partial charge in [-0.1, -0.05) is 30.2 Å². The molecule has 2 aromatic carbocycles. The van der Waals surface area contributed by atoms with Crippen LogP contribution < -0.4 is 10.1 Å². The zero-order valence-corrected chi connectivity index (χ0v) is 12.9. The highest BCUT2D eigenvalue weighted by Gasteiger charge is 2.12. The van der Waals surface area contributed by atoms with Crippen LogP contribution in [0, 0.1) is 12.3 Å². The molecule has 0 aliphatic heterocycles. The minimum atomic E-state index is -0.338. The molecule has 0 atom stereocenters. The van der Waals surface area contributed by atoms with Crippen LogP contribution in [0.1, 0.15) is 21.9 Å². The van der Waals surface area contributed by atoms with E-state index in [9.17, 15) is 4.79 Å². The van der Waals surface area contributed by atoms with Crippen molar-refractivity contribution in [3.8, 4) is 18.1 Å². The second-order valence-electron chi connectivity index (χ2n) is 5.05. The van der Waals surface area contributed by atoms with Crippen LogP contribution in [0.5, 0.6) is 5.75 Å². The van der Waals surface area contributed by atoms with E-state index in [-0.39, 0.29) is 18.3 Å². The highest BCUT2D eigenvalue weighted by atomic mass is 16.5. The topological polar surface area (TPSA) is 51.5 Å². The van der Waals surface area contributed by atoms with Crippen molar-refractivity contribution in [2.75, 3.05) is 5.32 Å². The second-order valence-corrected chi connectivity index (χ2v) is 5.05. The molecule has 4 nitrogen and oxygen atoms in total. The van der Waals surface area contributed by atoms with E-state index < -0.39 is 0 Å². The molecule has 0 radical (unpaired) electrons. The lowest BCUT2D eigenvalue weighted by molar-refractivity contribution is 0.0992. The highest BCUT2D eigenvalue weighted by molar-refractivity contribution is 6.02. The van der Waals surface area contributed by atoms with Gasteiger partial charge < -0.3 is 14.5 Å². The number of rotatable bonds is 5. The predicted molar refractivity (Wildman–Crippen MR) is 91.8 cm³/mol. The summed E-state index contributed by atoms with van der Waals surface area (Å²) in [5, 5.41) is 2.75. The fourth-order valence-electron chi connectivity index (χ4n) is 2.13. The van der Waals surface area contributed by atoms with Gasteiger partial charge in [0, 0.05) is 11.3 Å². The minimum absolute atomic E-state index is 0.216. The van der Waals surface area contributed by atoms with E-state index in [0.717, 1.165) is 5.75 Å². The van der Waals surface area contributed by atoms with Gasteiger partial charge in [-0.15, -0.1) is 6.42 Å². The Kier molecular flexibility index (Phi) is 4.64. The average molecular weight is 317 g/mol. The fourth-order valence-corrected chi connectivity index (χ4v) is 2.13. The lowest BCUT2D eigenvalue weighted by Crippen LogP contribution is -2.10. The zero-order valence-electron chi connectivity index (χ0n) is 12.9. The molecule has 0 saturated heterocycles.